The molecule has 39 heavy (non-hydrogen) atoms. The second-order valence-electron chi connectivity index (χ2n) is 8.95. The van der Waals surface area contributed by atoms with Crippen LogP contribution in [0.4, 0.5) is 0 Å². The van der Waals surface area contributed by atoms with E-state index >= 15 is 0 Å². The maximum absolute atomic E-state index is 8.60. The van der Waals surface area contributed by atoms with Gasteiger partial charge in [0.25, 0.3) is 0 Å². The van der Waals surface area contributed by atoms with Crippen LogP contribution in [0.3, 0.4) is 0 Å². The third kappa shape index (κ3) is 3.77. The minimum atomic E-state index is -0.587. The molecule has 0 aliphatic carbocycles. The van der Waals surface area contributed by atoms with Crippen LogP contribution in [0.5, 0.6) is 0 Å². The van der Waals surface area contributed by atoms with Crippen LogP contribution in [-0.2, 0) is 0 Å². The summed E-state index contributed by atoms with van der Waals surface area (Å²) >= 11 is 0.0607. The fraction of sp³-hybridized carbons (Fsp3) is 0. The Morgan fingerprint density at radius 2 is 1.10 bits per heavy atom. The van der Waals surface area contributed by atoms with Gasteiger partial charge in [0.15, 0.2) is 0 Å². The molecule has 0 unspecified atom stereocenters. The zero-order chi connectivity index (χ0) is 34.5. The molecule has 0 radical (unpaired) electrons. The van der Waals surface area contributed by atoms with Gasteiger partial charge in [-0.1, -0.05) is 0 Å². The van der Waals surface area contributed by atoms with E-state index in [1.807, 2.05) is 30.3 Å². The Hall–Kier alpha value is -4.63. The quantitative estimate of drug-likeness (QED) is 0.157. The van der Waals surface area contributed by atoms with E-state index in [0.717, 1.165) is 21.5 Å². The topological polar surface area (TPSA) is 38.7 Å². The summed E-state index contributed by atoms with van der Waals surface area (Å²) in [6.07, 6.45) is 0. The Morgan fingerprint density at radius 3 is 1.82 bits per heavy atom. The van der Waals surface area contributed by atoms with E-state index in [1.165, 1.54) is 19.3 Å². The van der Waals surface area contributed by atoms with Gasteiger partial charge in [0.1, 0.15) is 0 Å². The van der Waals surface area contributed by atoms with E-state index in [0.29, 0.717) is 5.56 Å². The first kappa shape index (κ1) is 14.5. The molecule has 3 nitrogen and oxygen atoms in total. The molecule has 0 fully saturated rings. The van der Waals surface area contributed by atoms with Gasteiger partial charge in [-0.3, -0.25) is 0 Å². The van der Waals surface area contributed by atoms with Gasteiger partial charge in [0, 0.05) is 0 Å². The normalized spacial score (nSPS) is 15.2. The van der Waals surface area contributed by atoms with Crippen molar-refractivity contribution in [3.63, 3.8) is 0 Å². The van der Waals surface area contributed by atoms with Gasteiger partial charge in [0.2, 0.25) is 0 Å². The monoisotopic (exact) mass is 573 g/mol. The summed E-state index contributed by atoms with van der Waals surface area (Å²) in [5.41, 5.74) is -0.0918. The van der Waals surface area contributed by atoms with Crippen molar-refractivity contribution < 1.29 is 13.7 Å². The van der Waals surface area contributed by atoms with E-state index in [-0.39, 0.29) is 43.1 Å². The summed E-state index contributed by atoms with van der Waals surface area (Å²) in [4.78, 5) is 13.6. The van der Waals surface area contributed by atoms with Gasteiger partial charge in [-0.25, -0.2) is 0 Å². The molecule has 8 rings (SSSR count). The molecular formula is C35H21N3Se. The van der Waals surface area contributed by atoms with Crippen molar-refractivity contribution in [3.05, 3.63) is 127 Å². The van der Waals surface area contributed by atoms with Crippen LogP contribution in [0.25, 0.3) is 75.0 Å². The summed E-state index contributed by atoms with van der Waals surface area (Å²) in [5, 5.41) is 6.48. The zero-order valence-corrected chi connectivity index (χ0v) is 21.8. The first-order chi connectivity index (χ1) is 23.5. The molecule has 6 aromatic carbocycles. The minimum absolute atomic E-state index is 0.0406. The summed E-state index contributed by atoms with van der Waals surface area (Å²) in [7, 11) is 0. The van der Waals surface area contributed by atoms with Crippen molar-refractivity contribution in [2.45, 2.75) is 0 Å². The van der Waals surface area contributed by atoms with Gasteiger partial charge in [-0.15, -0.1) is 0 Å². The third-order valence-electron chi connectivity index (χ3n) is 6.69. The summed E-state index contributed by atoms with van der Waals surface area (Å²) in [6.45, 7) is 0. The average molecular weight is 573 g/mol. The van der Waals surface area contributed by atoms with Crippen LogP contribution >= 0.6 is 0 Å². The zero-order valence-electron chi connectivity index (χ0n) is 30.1. The van der Waals surface area contributed by atoms with E-state index < -0.39 is 60.4 Å². The number of rotatable bonds is 3. The SMILES string of the molecule is [2H]c1c([2H])c([2H])c(-c2nc(-c3ccc4ccc5ccc6c7ccccc7[se]c6c5c4c3)nc(-c3c([2H])c([2H])c([2H])c([2H])c3[2H])n2)c([2H])c1[2H]. The Morgan fingerprint density at radius 1 is 0.513 bits per heavy atom. The standard InChI is InChI=1S/C35H21N3Se/c1-3-9-24(10-4-1)33-36-34(25-11-5-2-6-12-25)38-35(37-33)26-18-16-22-15-17-23-19-20-28-27-13-7-8-14-30(27)39-32(28)31(23)29(22)21-26/h1-21H/i1D,2D,3D,4D,5D,6D,9D,10D,11D,12D. The number of hydrogen-bond donors (Lipinski definition) is 0. The summed E-state index contributed by atoms with van der Waals surface area (Å²) < 4.78 is 86.0. The van der Waals surface area contributed by atoms with Gasteiger partial charge in [0.05, 0.1) is 2.74 Å². The van der Waals surface area contributed by atoms with Crippen LogP contribution in [0, 0.1) is 0 Å². The maximum atomic E-state index is 8.60. The van der Waals surface area contributed by atoms with Crippen LogP contribution in [0.2, 0.25) is 0 Å². The molecule has 4 heteroatoms. The first-order valence-electron chi connectivity index (χ1n) is 17.1. The summed E-state index contributed by atoms with van der Waals surface area (Å²) in [5.74, 6) is -0.540. The molecule has 0 spiro atoms. The number of hydrogen-bond acceptors (Lipinski definition) is 3. The predicted molar refractivity (Wildman–Crippen MR) is 163 cm³/mol. The molecule has 0 N–H and O–H groups in total. The molecule has 0 saturated heterocycles. The van der Waals surface area contributed by atoms with Crippen molar-refractivity contribution in [1.82, 2.24) is 15.0 Å². The van der Waals surface area contributed by atoms with E-state index in [4.69, 9.17) is 13.7 Å². The Kier molecular flexibility index (Phi) is 3.34. The molecule has 0 aliphatic rings. The van der Waals surface area contributed by atoms with E-state index in [2.05, 4.69) is 45.3 Å². The molecule has 8 aromatic rings. The Labute approximate surface area is 245 Å². The second kappa shape index (κ2) is 8.99. The van der Waals surface area contributed by atoms with Crippen LogP contribution in [0.15, 0.2) is 127 Å². The molecular weight excluding hydrogens is 541 g/mol. The Balaban J connectivity index is 1.46. The predicted octanol–water partition coefficient (Wildman–Crippen LogP) is 8.54. The van der Waals surface area contributed by atoms with Crippen molar-refractivity contribution >= 4 is 55.3 Å². The Bertz CT molecular complexity index is 2600. The number of fused-ring (bicyclic) bond motifs is 7. The molecule has 2 heterocycles. The number of nitrogens with zero attached hydrogens (tertiary/aromatic N) is 3. The second-order valence-corrected chi connectivity index (χ2v) is 11.2. The average Bonchev–Trinajstić information content (AvgIpc) is 3.50. The van der Waals surface area contributed by atoms with Crippen molar-refractivity contribution in [1.29, 1.82) is 0 Å². The summed E-state index contributed by atoms with van der Waals surface area (Å²) in [6, 6.07) is 16.7. The molecule has 0 atom stereocenters. The third-order valence-corrected chi connectivity index (χ3v) is 9.21. The molecule has 0 bridgehead atoms. The molecule has 0 amide bonds. The molecule has 0 aliphatic heterocycles. The molecule has 2 aromatic heterocycles. The first-order valence-corrected chi connectivity index (χ1v) is 13.8. The van der Waals surface area contributed by atoms with Crippen LogP contribution in [-0.4, -0.2) is 29.5 Å². The number of benzene rings is 6. The van der Waals surface area contributed by atoms with Crippen molar-refractivity contribution in [3.8, 4) is 34.2 Å². The fourth-order valence-corrected chi connectivity index (χ4v) is 7.58. The van der Waals surface area contributed by atoms with E-state index in [1.54, 1.807) is 6.07 Å². The van der Waals surface area contributed by atoms with Crippen molar-refractivity contribution in [2.24, 2.45) is 0 Å². The number of aromatic nitrogens is 3. The molecule has 182 valence electrons. The van der Waals surface area contributed by atoms with Gasteiger partial charge < -0.3 is 0 Å². The fourth-order valence-electron chi connectivity index (χ4n) is 4.91. The van der Waals surface area contributed by atoms with Gasteiger partial charge in [-0.05, 0) is 0 Å². The van der Waals surface area contributed by atoms with Gasteiger partial charge in [-0.2, -0.15) is 0 Å². The van der Waals surface area contributed by atoms with Gasteiger partial charge >= 0.3 is 243 Å². The van der Waals surface area contributed by atoms with Crippen LogP contribution < -0.4 is 0 Å². The molecule has 0 saturated carbocycles. The van der Waals surface area contributed by atoms with E-state index in [9.17, 15) is 0 Å². The van der Waals surface area contributed by atoms with Crippen LogP contribution in [0.1, 0.15) is 13.7 Å². The van der Waals surface area contributed by atoms with Crippen molar-refractivity contribution in [2.75, 3.05) is 0 Å².